The van der Waals surface area contributed by atoms with Crippen LogP contribution in [0.15, 0.2) is 83.3 Å². The molecule has 6 heteroatoms. The summed E-state index contributed by atoms with van der Waals surface area (Å²) < 4.78 is 6.87. The van der Waals surface area contributed by atoms with Crippen LogP contribution in [0.5, 0.6) is 5.75 Å². The number of para-hydroxylation sites is 1. The zero-order valence-electron chi connectivity index (χ0n) is 17.0. The van der Waals surface area contributed by atoms with Crippen LogP contribution in [-0.4, -0.2) is 17.5 Å². The van der Waals surface area contributed by atoms with Gasteiger partial charge in [0.15, 0.2) is 11.7 Å². The lowest BCUT2D eigenvalue weighted by atomic mass is 10.1. The molecule has 0 fully saturated rings. The van der Waals surface area contributed by atoms with Gasteiger partial charge in [0.05, 0.1) is 5.69 Å². The maximum atomic E-state index is 12.5. The van der Waals surface area contributed by atoms with Crippen LogP contribution in [0.2, 0.25) is 0 Å². The quantitative estimate of drug-likeness (QED) is 0.307. The van der Waals surface area contributed by atoms with Gasteiger partial charge in [-0.25, -0.2) is 4.98 Å². The lowest BCUT2D eigenvalue weighted by molar-refractivity contribution is -0.118. The third kappa shape index (κ3) is 5.21. The second-order valence-corrected chi connectivity index (χ2v) is 8.85. The first-order valence-electron chi connectivity index (χ1n) is 9.96. The van der Waals surface area contributed by atoms with E-state index in [-0.39, 0.29) is 12.5 Å². The van der Waals surface area contributed by atoms with Gasteiger partial charge in [-0.2, -0.15) is 0 Å². The zero-order chi connectivity index (χ0) is 21.6. The first-order valence-corrected chi connectivity index (χ1v) is 11.6. The van der Waals surface area contributed by atoms with Crippen molar-refractivity contribution < 1.29 is 9.53 Å². The molecular formula is C25H21BrN2O2S. The Morgan fingerprint density at radius 1 is 0.968 bits per heavy atom. The fourth-order valence-electron chi connectivity index (χ4n) is 3.23. The van der Waals surface area contributed by atoms with Gasteiger partial charge in [0.1, 0.15) is 5.75 Å². The smallest absolute Gasteiger partial charge is 0.264 e. The van der Waals surface area contributed by atoms with Crippen LogP contribution >= 0.6 is 27.3 Å². The lowest BCUT2D eigenvalue weighted by Gasteiger charge is -2.11. The number of amides is 1. The summed E-state index contributed by atoms with van der Waals surface area (Å²) in [5.41, 5.74) is 3.94. The highest BCUT2D eigenvalue weighted by Gasteiger charge is 2.15. The topological polar surface area (TPSA) is 51.2 Å². The molecule has 31 heavy (non-hydrogen) atoms. The maximum absolute atomic E-state index is 12.5. The van der Waals surface area contributed by atoms with E-state index in [0.717, 1.165) is 38.2 Å². The molecule has 0 atom stereocenters. The SMILES string of the molecule is CCc1sc(NC(=O)COc2ccccc2-c2ccccc2)nc1-c1ccc(Br)cc1. The van der Waals surface area contributed by atoms with E-state index >= 15 is 0 Å². The molecule has 4 nitrogen and oxygen atoms in total. The summed E-state index contributed by atoms with van der Waals surface area (Å²) in [7, 11) is 0. The highest BCUT2D eigenvalue weighted by atomic mass is 79.9. The van der Waals surface area contributed by atoms with Gasteiger partial charge >= 0.3 is 0 Å². The number of rotatable bonds is 7. The van der Waals surface area contributed by atoms with Crippen molar-refractivity contribution in [2.45, 2.75) is 13.3 Å². The van der Waals surface area contributed by atoms with E-state index in [9.17, 15) is 4.79 Å². The Labute approximate surface area is 194 Å². The van der Waals surface area contributed by atoms with Crippen molar-refractivity contribution in [1.29, 1.82) is 0 Å². The summed E-state index contributed by atoms with van der Waals surface area (Å²) in [6.07, 6.45) is 0.847. The van der Waals surface area contributed by atoms with E-state index < -0.39 is 0 Å². The van der Waals surface area contributed by atoms with Crippen LogP contribution in [-0.2, 0) is 11.2 Å². The van der Waals surface area contributed by atoms with Crippen LogP contribution in [0, 0.1) is 0 Å². The second kappa shape index (κ2) is 9.90. The number of nitrogens with one attached hydrogen (secondary N) is 1. The molecule has 0 radical (unpaired) electrons. The van der Waals surface area contributed by atoms with Gasteiger partial charge in [-0.05, 0) is 30.2 Å². The van der Waals surface area contributed by atoms with Crippen LogP contribution in [0.3, 0.4) is 0 Å². The molecule has 0 aliphatic rings. The van der Waals surface area contributed by atoms with Crippen molar-refractivity contribution in [3.8, 4) is 28.1 Å². The molecule has 4 aromatic rings. The molecule has 0 bridgehead atoms. The first-order chi connectivity index (χ1) is 15.1. The average molecular weight is 493 g/mol. The predicted octanol–water partition coefficient (Wildman–Crippen LogP) is 6.82. The van der Waals surface area contributed by atoms with Crippen LogP contribution in [0.4, 0.5) is 5.13 Å². The molecule has 0 unspecified atom stereocenters. The van der Waals surface area contributed by atoms with Gasteiger partial charge < -0.3 is 4.74 Å². The number of nitrogens with zero attached hydrogens (tertiary/aromatic N) is 1. The Morgan fingerprint density at radius 2 is 1.68 bits per heavy atom. The van der Waals surface area contributed by atoms with Crippen LogP contribution < -0.4 is 10.1 Å². The number of halogens is 1. The van der Waals surface area contributed by atoms with E-state index in [4.69, 9.17) is 4.74 Å². The lowest BCUT2D eigenvalue weighted by Crippen LogP contribution is -2.20. The Bertz CT molecular complexity index is 1170. The van der Waals surface area contributed by atoms with Crippen molar-refractivity contribution in [3.63, 3.8) is 0 Å². The Morgan fingerprint density at radius 3 is 2.42 bits per heavy atom. The summed E-state index contributed by atoms with van der Waals surface area (Å²) >= 11 is 4.96. The number of ether oxygens (including phenoxy) is 1. The Hall–Kier alpha value is -2.96. The molecule has 0 aliphatic heterocycles. The molecule has 1 N–H and O–H groups in total. The zero-order valence-corrected chi connectivity index (χ0v) is 19.4. The molecule has 1 amide bonds. The molecule has 1 heterocycles. The van der Waals surface area contributed by atoms with E-state index in [1.165, 1.54) is 11.3 Å². The standard InChI is InChI=1S/C25H21BrN2O2S/c1-2-22-24(18-12-14-19(26)15-13-18)28-25(31-22)27-23(29)16-30-21-11-7-6-10-20(21)17-8-4-3-5-9-17/h3-15H,2,16H2,1H3,(H,27,28,29). The Balaban J connectivity index is 1.45. The summed E-state index contributed by atoms with van der Waals surface area (Å²) in [6, 6.07) is 25.7. The number of aromatic nitrogens is 1. The first kappa shape index (κ1) is 21.3. The minimum absolute atomic E-state index is 0.0848. The van der Waals surface area contributed by atoms with Gasteiger partial charge in [-0.3, -0.25) is 10.1 Å². The molecule has 3 aromatic carbocycles. The largest absolute Gasteiger partial charge is 0.483 e. The van der Waals surface area contributed by atoms with Crippen LogP contribution in [0.25, 0.3) is 22.4 Å². The summed E-state index contributed by atoms with van der Waals surface area (Å²) in [6.45, 7) is 2.00. The molecular weight excluding hydrogens is 472 g/mol. The van der Waals surface area contributed by atoms with Gasteiger partial charge in [-0.15, -0.1) is 11.3 Å². The number of carbonyl (C=O) groups excluding carboxylic acids is 1. The minimum atomic E-state index is -0.235. The summed E-state index contributed by atoms with van der Waals surface area (Å²) in [5, 5.41) is 3.46. The van der Waals surface area contributed by atoms with Gasteiger partial charge in [-0.1, -0.05) is 83.5 Å². The van der Waals surface area contributed by atoms with Crippen molar-refractivity contribution in [3.05, 3.63) is 88.2 Å². The molecule has 4 rings (SSSR count). The summed E-state index contributed by atoms with van der Waals surface area (Å²) in [4.78, 5) is 18.3. The molecule has 0 spiro atoms. The molecule has 0 aliphatic carbocycles. The van der Waals surface area contributed by atoms with E-state index in [1.54, 1.807) is 0 Å². The fourth-order valence-corrected chi connectivity index (χ4v) is 4.43. The number of carbonyl (C=O) groups is 1. The minimum Gasteiger partial charge on any atom is -0.483 e. The molecule has 156 valence electrons. The van der Waals surface area contributed by atoms with Gasteiger partial charge in [0.2, 0.25) is 0 Å². The van der Waals surface area contributed by atoms with Crippen molar-refractivity contribution in [2.75, 3.05) is 11.9 Å². The van der Waals surface area contributed by atoms with Crippen molar-refractivity contribution in [1.82, 2.24) is 4.98 Å². The maximum Gasteiger partial charge on any atom is 0.264 e. The number of thiazole rings is 1. The predicted molar refractivity (Wildman–Crippen MR) is 131 cm³/mol. The third-order valence-corrected chi connectivity index (χ3v) is 6.36. The van der Waals surface area contributed by atoms with Crippen molar-refractivity contribution in [2.24, 2.45) is 0 Å². The molecule has 0 saturated carbocycles. The third-order valence-electron chi connectivity index (χ3n) is 4.71. The normalized spacial score (nSPS) is 10.6. The van der Waals surface area contributed by atoms with Gasteiger partial charge in [0.25, 0.3) is 5.91 Å². The number of benzene rings is 3. The number of aryl methyl sites for hydroxylation is 1. The monoisotopic (exact) mass is 492 g/mol. The van der Waals surface area contributed by atoms with E-state index in [2.05, 4.69) is 33.2 Å². The number of hydrogen-bond donors (Lipinski definition) is 1. The molecule has 0 saturated heterocycles. The van der Waals surface area contributed by atoms with E-state index in [0.29, 0.717) is 10.9 Å². The molecule has 1 aromatic heterocycles. The van der Waals surface area contributed by atoms with Crippen LogP contribution in [0.1, 0.15) is 11.8 Å². The average Bonchev–Trinajstić information content (AvgIpc) is 3.21. The number of anilines is 1. The highest BCUT2D eigenvalue weighted by molar-refractivity contribution is 9.10. The van der Waals surface area contributed by atoms with Gasteiger partial charge in [0, 0.05) is 20.5 Å². The number of hydrogen-bond acceptors (Lipinski definition) is 4. The Kier molecular flexibility index (Phi) is 6.79. The van der Waals surface area contributed by atoms with Crippen molar-refractivity contribution >= 4 is 38.3 Å². The summed E-state index contributed by atoms with van der Waals surface area (Å²) in [5.74, 6) is 0.439. The fraction of sp³-hybridized carbons (Fsp3) is 0.120. The van der Waals surface area contributed by atoms with E-state index in [1.807, 2.05) is 78.9 Å². The second-order valence-electron chi connectivity index (χ2n) is 6.85. The highest BCUT2D eigenvalue weighted by Crippen LogP contribution is 2.33.